The maximum absolute atomic E-state index is 11.1. The number of hydrogen-bond donors (Lipinski definition) is 3. The highest BCUT2D eigenvalue weighted by Crippen LogP contribution is 2.09. The van der Waals surface area contributed by atoms with Crippen molar-refractivity contribution in [1.29, 1.82) is 0 Å². The van der Waals surface area contributed by atoms with Gasteiger partial charge in [-0.05, 0) is 20.0 Å². The molecule has 1 aromatic rings. The molecule has 6 heteroatoms. The van der Waals surface area contributed by atoms with Gasteiger partial charge in [0.2, 0.25) is 0 Å². The van der Waals surface area contributed by atoms with Crippen molar-refractivity contribution in [2.45, 2.75) is 19.6 Å². The van der Waals surface area contributed by atoms with Crippen LogP contribution in [-0.4, -0.2) is 35.6 Å². The summed E-state index contributed by atoms with van der Waals surface area (Å²) >= 11 is 0. The molecule has 0 saturated carbocycles. The van der Waals surface area contributed by atoms with Crippen molar-refractivity contribution in [3.63, 3.8) is 0 Å². The third-order valence-electron chi connectivity index (χ3n) is 2.05. The molecule has 4 N–H and O–H groups in total. The van der Waals surface area contributed by atoms with E-state index in [-0.39, 0.29) is 5.91 Å². The lowest BCUT2D eigenvalue weighted by atomic mass is 10.3. The van der Waals surface area contributed by atoms with E-state index in [0.717, 1.165) is 0 Å². The lowest BCUT2D eigenvalue weighted by molar-refractivity contribution is 0.0953. The molecule has 6 nitrogen and oxygen atoms in total. The van der Waals surface area contributed by atoms with E-state index >= 15 is 0 Å². The van der Waals surface area contributed by atoms with Crippen molar-refractivity contribution < 1.29 is 14.3 Å². The number of hydrogen-bond acceptors (Lipinski definition) is 5. The predicted molar refractivity (Wildman–Crippen MR) is 58.4 cm³/mol. The summed E-state index contributed by atoms with van der Waals surface area (Å²) in [7, 11) is 1.86. The summed E-state index contributed by atoms with van der Waals surface area (Å²) < 4.78 is 5.20. The smallest absolute Gasteiger partial charge is 0.268 e. The monoisotopic (exact) mass is 227 g/mol. The molecule has 1 atom stereocenters. The van der Waals surface area contributed by atoms with Gasteiger partial charge in [0.15, 0.2) is 0 Å². The topological polar surface area (TPSA) is 91.7 Å². The van der Waals surface area contributed by atoms with E-state index in [1.807, 2.05) is 17.4 Å². The van der Waals surface area contributed by atoms with Gasteiger partial charge in [-0.2, -0.15) is 0 Å². The van der Waals surface area contributed by atoms with Crippen molar-refractivity contribution >= 4 is 5.91 Å². The summed E-state index contributed by atoms with van der Waals surface area (Å²) in [5, 5.41) is 9.18. The Labute approximate surface area is 94.0 Å². The molecule has 0 bridgehead atoms. The maximum atomic E-state index is 11.1. The molecular weight excluding hydrogens is 210 g/mol. The zero-order chi connectivity index (χ0) is 12.1. The number of furan rings is 1. The number of hydrazine groups is 1. The molecule has 0 radical (unpaired) electrons. The number of amides is 1. The van der Waals surface area contributed by atoms with Gasteiger partial charge in [-0.25, -0.2) is 5.84 Å². The third-order valence-corrected chi connectivity index (χ3v) is 2.05. The van der Waals surface area contributed by atoms with Gasteiger partial charge < -0.3 is 9.52 Å². The summed E-state index contributed by atoms with van der Waals surface area (Å²) in [6.45, 7) is 2.79. The van der Waals surface area contributed by atoms with Crippen LogP contribution < -0.4 is 11.3 Å². The Morgan fingerprint density at radius 1 is 1.75 bits per heavy atom. The fourth-order valence-electron chi connectivity index (χ4n) is 1.45. The minimum absolute atomic E-state index is 0.381. The van der Waals surface area contributed by atoms with E-state index in [1.54, 1.807) is 13.0 Å². The van der Waals surface area contributed by atoms with Gasteiger partial charge in [0.05, 0.1) is 18.2 Å². The van der Waals surface area contributed by atoms with Crippen LogP contribution in [0.5, 0.6) is 0 Å². The van der Waals surface area contributed by atoms with Crippen LogP contribution in [0.25, 0.3) is 0 Å². The summed E-state index contributed by atoms with van der Waals surface area (Å²) in [6, 6.07) is 1.63. The summed E-state index contributed by atoms with van der Waals surface area (Å²) in [5.41, 5.74) is 2.42. The Morgan fingerprint density at radius 2 is 2.44 bits per heavy atom. The van der Waals surface area contributed by atoms with Gasteiger partial charge in [0.1, 0.15) is 12.0 Å². The summed E-state index contributed by atoms with van der Waals surface area (Å²) in [4.78, 5) is 13.0. The first-order valence-corrected chi connectivity index (χ1v) is 4.98. The molecule has 1 amide bonds. The number of nitrogen functional groups attached to an aromatic ring is 1. The highest BCUT2D eigenvalue weighted by molar-refractivity contribution is 5.93. The minimum atomic E-state index is -0.397. The van der Waals surface area contributed by atoms with Crippen molar-refractivity contribution in [2.24, 2.45) is 5.84 Å². The number of rotatable bonds is 5. The van der Waals surface area contributed by atoms with Crippen LogP contribution in [0.1, 0.15) is 23.0 Å². The van der Waals surface area contributed by atoms with E-state index in [0.29, 0.717) is 24.4 Å². The standard InChI is InChI=1S/C10H17N3O3/c1-7(14)4-13(2)5-9-3-8(6-16-9)10(15)12-11/h3,6-7,14H,4-5,11H2,1-2H3,(H,12,15). The molecule has 1 aromatic heterocycles. The quantitative estimate of drug-likeness (QED) is 0.365. The highest BCUT2D eigenvalue weighted by Gasteiger charge is 2.11. The Morgan fingerprint density at radius 3 is 3.00 bits per heavy atom. The van der Waals surface area contributed by atoms with Crippen molar-refractivity contribution in [3.8, 4) is 0 Å². The van der Waals surface area contributed by atoms with Crippen LogP contribution in [-0.2, 0) is 6.54 Å². The van der Waals surface area contributed by atoms with Crippen molar-refractivity contribution in [3.05, 3.63) is 23.7 Å². The molecule has 0 fully saturated rings. The summed E-state index contributed by atoms with van der Waals surface area (Å²) in [6.07, 6.45) is 0.958. The second kappa shape index (κ2) is 5.64. The molecule has 0 aromatic carbocycles. The highest BCUT2D eigenvalue weighted by atomic mass is 16.3. The first-order valence-electron chi connectivity index (χ1n) is 4.98. The number of carbonyl (C=O) groups excluding carboxylic acids is 1. The van der Waals surface area contributed by atoms with Crippen LogP contribution in [0.15, 0.2) is 16.7 Å². The van der Waals surface area contributed by atoms with Gasteiger partial charge in [0, 0.05) is 6.54 Å². The Balaban J connectivity index is 2.55. The zero-order valence-corrected chi connectivity index (χ0v) is 9.43. The summed E-state index contributed by atoms with van der Waals surface area (Å²) in [5.74, 6) is 5.27. The largest absolute Gasteiger partial charge is 0.467 e. The Bertz CT molecular complexity index is 349. The zero-order valence-electron chi connectivity index (χ0n) is 9.43. The second-order valence-electron chi connectivity index (χ2n) is 3.82. The molecule has 0 aliphatic rings. The van der Waals surface area contributed by atoms with Gasteiger partial charge >= 0.3 is 0 Å². The number of nitrogens with one attached hydrogen (secondary N) is 1. The van der Waals surface area contributed by atoms with E-state index in [4.69, 9.17) is 10.3 Å². The van der Waals surface area contributed by atoms with Crippen LogP contribution in [0, 0.1) is 0 Å². The number of nitrogens with two attached hydrogens (primary N) is 1. The molecule has 0 saturated heterocycles. The van der Waals surface area contributed by atoms with Gasteiger partial charge in [-0.3, -0.25) is 15.1 Å². The first kappa shape index (κ1) is 12.7. The van der Waals surface area contributed by atoms with E-state index in [9.17, 15) is 9.90 Å². The number of carbonyl (C=O) groups is 1. The average molecular weight is 227 g/mol. The molecule has 90 valence electrons. The van der Waals surface area contributed by atoms with Crippen LogP contribution >= 0.6 is 0 Å². The number of nitrogens with zero attached hydrogens (tertiary/aromatic N) is 1. The Kier molecular flexibility index (Phi) is 4.48. The molecule has 1 unspecified atom stereocenters. The molecule has 1 rings (SSSR count). The number of likely N-dealkylation sites (N-methyl/N-ethyl adjacent to an activating group) is 1. The Hall–Kier alpha value is -1.37. The number of aliphatic hydroxyl groups excluding tert-OH is 1. The van der Waals surface area contributed by atoms with Crippen LogP contribution in [0.4, 0.5) is 0 Å². The SMILES string of the molecule is CC(O)CN(C)Cc1cc(C(=O)NN)co1. The number of aliphatic hydroxyl groups is 1. The van der Waals surface area contributed by atoms with E-state index in [2.05, 4.69) is 0 Å². The molecule has 16 heavy (non-hydrogen) atoms. The van der Waals surface area contributed by atoms with Gasteiger partial charge in [-0.1, -0.05) is 0 Å². The average Bonchev–Trinajstić information content (AvgIpc) is 2.63. The molecular formula is C10H17N3O3. The third kappa shape index (κ3) is 3.65. The first-order chi connectivity index (χ1) is 7.52. The van der Waals surface area contributed by atoms with Crippen LogP contribution in [0.2, 0.25) is 0 Å². The van der Waals surface area contributed by atoms with Crippen molar-refractivity contribution in [2.75, 3.05) is 13.6 Å². The fraction of sp³-hybridized carbons (Fsp3) is 0.500. The van der Waals surface area contributed by atoms with Gasteiger partial charge in [-0.15, -0.1) is 0 Å². The maximum Gasteiger partial charge on any atom is 0.268 e. The fourth-order valence-corrected chi connectivity index (χ4v) is 1.45. The molecule has 0 spiro atoms. The lowest BCUT2D eigenvalue weighted by Crippen LogP contribution is -2.29. The normalized spacial score (nSPS) is 12.8. The molecule has 0 aliphatic carbocycles. The van der Waals surface area contributed by atoms with E-state index < -0.39 is 6.10 Å². The second-order valence-corrected chi connectivity index (χ2v) is 3.82. The van der Waals surface area contributed by atoms with Crippen molar-refractivity contribution in [1.82, 2.24) is 10.3 Å². The van der Waals surface area contributed by atoms with E-state index in [1.165, 1.54) is 6.26 Å². The van der Waals surface area contributed by atoms with Crippen LogP contribution in [0.3, 0.4) is 0 Å². The predicted octanol–water partition coefficient (Wildman–Crippen LogP) is -0.304. The van der Waals surface area contributed by atoms with Gasteiger partial charge in [0.25, 0.3) is 5.91 Å². The lowest BCUT2D eigenvalue weighted by Gasteiger charge is -2.16. The minimum Gasteiger partial charge on any atom is -0.467 e. The molecule has 0 aliphatic heterocycles. The molecule has 1 heterocycles.